The van der Waals surface area contributed by atoms with Crippen molar-refractivity contribution in [3.8, 4) is 5.75 Å². The summed E-state index contributed by atoms with van der Waals surface area (Å²) in [7, 11) is 0. The third-order valence-electron chi connectivity index (χ3n) is 3.22. The highest BCUT2D eigenvalue weighted by Gasteiger charge is 2.16. The van der Waals surface area contributed by atoms with Gasteiger partial charge in [0.2, 0.25) is 5.91 Å². The van der Waals surface area contributed by atoms with Crippen LogP contribution in [0.5, 0.6) is 5.75 Å². The van der Waals surface area contributed by atoms with Crippen LogP contribution in [-0.4, -0.2) is 37.8 Å². The molecule has 2 rings (SSSR count). The molecule has 1 saturated heterocycles. The van der Waals surface area contributed by atoms with Crippen LogP contribution >= 0.6 is 0 Å². The predicted octanol–water partition coefficient (Wildman–Crippen LogP) is 1.47. The molecule has 0 bridgehead atoms. The molecule has 1 aliphatic heterocycles. The first-order valence-corrected chi connectivity index (χ1v) is 7.47. The average Bonchev–Trinajstić information content (AvgIpc) is 2.47. The Kier molecular flexibility index (Phi) is 6.02. The molecule has 1 aromatic rings. The summed E-state index contributed by atoms with van der Waals surface area (Å²) in [5, 5.41) is 6.20. The summed E-state index contributed by atoms with van der Waals surface area (Å²) >= 11 is 0. The van der Waals surface area contributed by atoms with Crippen molar-refractivity contribution in [2.45, 2.75) is 39.0 Å². The number of carbonyl (C=O) groups is 1. The molecule has 1 fully saturated rings. The van der Waals surface area contributed by atoms with E-state index in [0.717, 1.165) is 24.5 Å². The van der Waals surface area contributed by atoms with Crippen LogP contribution in [0, 0.1) is 0 Å². The van der Waals surface area contributed by atoms with E-state index in [1.807, 2.05) is 38.1 Å². The van der Waals surface area contributed by atoms with Crippen molar-refractivity contribution >= 4 is 5.91 Å². The number of benzene rings is 1. The van der Waals surface area contributed by atoms with Crippen LogP contribution in [0.3, 0.4) is 0 Å². The van der Waals surface area contributed by atoms with Gasteiger partial charge in [-0.1, -0.05) is 12.1 Å². The van der Waals surface area contributed by atoms with E-state index in [9.17, 15) is 4.79 Å². The molecule has 1 aromatic carbocycles. The van der Waals surface area contributed by atoms with E-state index in [0.29, 0.717) is 19.6 Å². The van der Waals surface area contributed by atoms with Gasteiger partial charge in [-0.2, -0.15) is 0 Å². The highest BCUT2D eigenvalue weighted by molar-refractivity contribution is 5.76. The number of hydrogen-bond acceptors (Lipinski definition) is 4. The Morgan fingerprint density at radius 2 is 2.19 bits per heavy atom. The molecule has 116 valence electrons. The van der Waals surface area contributed by atoms with E-state index in [4.69, 9.17) is 9.47 Å². The highest BCUT2D eigenvalue weighted by atomic mass is 16.5. The van der Waals surface area contributed by atoms with E-state index >= 15 is 0 Å². The fourth-order valence-corrected chi connectivity index (χ4v) is 2.21. The zero-order valence-corrected chi connectivity index (χ0v) is 12.7. The lowest BCUT2D eigenvalue weighted by molar-refractivity contribution is -0.122. The van der Waals surface area contributed by atoms with E-state index in [1.54, 1.807) is 0 Å². The summed E-state index contributed by atoms with van der Waals surface area (Å²) in [6.07, 6.45) is 0.620. The molecule has 0 saturated carbocycles. The zero-order valence-electron chi connectivity index (χ0n) is 12.7. The van der Waals surface area contributed by atoms with Crippen LogP contribution in [0.1, 0.15) is 25.8 Å². The molecule has 1 heterocycles. The summed E-state index contributed by atoms with van der Waals surface area (Å²) in [5.74, 6) is 0.893. The van der Waals surface area contributed by atoms with Gasteiger partial charge in [0, 0.05) is 25.6 Å². The molecule has 0 aromatic heterocycles. The van der Waals surface area contributed by atoms with Gasteiger partial charge in [-0.3, -0.25) is 4.79 Å². The first-order valence-electron chi connectivity index (χ1n) is 7.47. The van der Waals surface area contributed by atoms with Crippen molar-refractivity contribution in [1.82, 2.24) is 10.6 Å². The second-order valence-electron chi connectivity index (χ2n) is 5.52. The molecule has 21 heavy (non-hydrogen) atoms. The summed E-state index contributed by atoms with van der Waals surface area (Å²) in [6.45, 7) is 6.68. The monoisotopic (exact) mass is 292 g/mol. The van der Waals surface area contributed by atoms with Gasteiger partial charge in [0.1, 0.15) is 5.75 Å². The van der Waals surface area contributed by atoms with Gasteiger partial charge in [-0.25, -0.2) is 0 Å². The van der Waals surface area contributed by atoms with E-state index < -0.39 is 0 Å². The Balaban J connectivity index is 1.73. The maximum absolute atomic E-state index is 11.9. The van der Waals surface area contributed by atoms with Crippen LogP contribution in [0.4, 0.5) is 0 Å². The van der Waals surface area contributed by atoms with Gasteiger partial charge in [-0.15, -0.1) is 0 Å². The molecule has 1 unspecified atom stereocenters. The van der Waals surface area contributed by atoms with Crippen LogP contribution < -0.4 is 15.4 Å². The normalized spacial score (nSPS) is 18.5. The van der Waals surface area contributed by atoms with Crippen molar-refractivity contribution in [1.29, 1.82) is 0 Å². The second-order valence-corrected chi connectivity index (χ2v) is 5.52. The van der Waals surface area contributed by atoms with Crippen LogP contribution in [0.2, 0.25) is 0 Å². The molecule has 0 aliphatic carbocycles. The van der Waals surface area contributed by atoms with Gasteiger partial charge >= 0.3 is 0 Å². The topological polar surface area (TPSA) is 59.6 Å². The molecular formula is C16H24N2O3. The van der Waals surface area contributed by atoms with Gasteiger partial charge in [0.25, 0.3) is 0 Å². The fraction of sp³-hybridized carbons (Fsp3) is 0.562. The molecule has 1 aliphatic rings. The van der Waals surface area contributed by atoms with Gasteiger partial charge in [0.15, 0.2) is 0 Å². The largest absolute Gasteiger partial charge is 0.491 e. The second kappa shape index (κ2) is 8.00. The quantitative estimate of drug-likeness (QED) is 0.833. The first-order chi connectivity index (χ1) is 10.1. The molecule has 1 amide bonds. The fourth-order valence-electron chi connectivity index (χ4n) is 2.21. The third kappa shape index (κ3) is 5.73. The Bertz CT molecular complexity index is 439. The number of morpholine rings is 1. The van der Waals surface area contributed by atoms with Crippen LogP contribution in [0.25, 0.3) is 0 Å². The van der Waals surface area contributed by atoms with E-state index in [2.05, 4.69) is 10.6 Å². The highest BCUT2D eigenvalue weighted by Crippen LogP contribution is 2.13. The Morgan fingerprint density at radius 1 is 1.43 bits per heavy atom. The molecule has 0 radical (unpaired) electrons. The smallest absolute Gasteiger partial charge is 0.221 e. The number of ether oxygens (including phenoxy) is 2. The molecular weight excluding hydrogens is 268 g/mol. The summed E-state index contributed by atoms with van der Waals surface area (Å²) < 4.78 is 10.9. The number of amides is 1. The minimum Gasteiger partial charge on any atom is -0.491 e. The summed E-state index contributed by atoms with van der Waals surface area (Å²) in [5.41, 5.74) is 1.06. The average molecular weight is 292 g/mol. The van der Waals surface area contributed by atoms with E-state index in [-0.39, 0.29) is 18.1 Å². The Labute approximate surface area is 126 Å². The lowest BCUT2D eigenvalue weighted by Crippen LogP contribution is -2.44. The summed E-state index contributed by atoms with van der Waals surface area (Å²) in [6, 6.07) is 7.93. The minimum absolute atomic E-state index is 0.0421. The van der Waals surface area contributed by atoms with Crippen molar-refractivity contribution < 1.29 is 14.3 Å². The van der Waals surface area contributed by atoms with Crippen molar-refractivity contribution in [3.63, 3.8) is 0 Å². The molecule has 5 heteroatoms. The molecule has 2 N–H and O–H groups in total. The number of carbonyl (C=O) groups excluding carboxylic acids is 1. The number of hydrogen-bond donors (Lipinski definition) is 2. The van der Waals surface area contributed by atoms with Gasteiger partial charge in [0.05, 0.1) is 19.3 Å². The lowest BCUT2D eigenvalue weighted by atomic mass is 10.1. The lowest BCUT2D eigenvalue weighted by Gasteiger charge is -2.23. The zero-order chi connectivity index (χ0) is 15.1. The predicted molar refractivity (Wildman–Crippen MR) is 81.3 cm³/mol. The SMILES string of the molecule is CC(C)Oc1ccc(CNC(=O)CC2COCCN2)cc1. The molecule has 5 nitrogen and oxygen atoms in total. The maximum atomic E-state index is 11.9. The maximum Gasteiger partial charge on any atom is 0.221 e. The first kappa shape index (κ1) is 15.8. The van der Waals surface area contributed by atoms with Crippen molar-refractivity contribution in [2.24, 2.45) is 0 Å². The Morgan fingerprint density at radius 3 is 2.81 bits per heavy atom. The third-order valence-corrected chi connectivity index (χ3v) is 3.22. The molecule has 0 spiro atoms. The van der Waals surface area contributed by atoms with Gasteiger partial charge in [-0.05, 0) is 31.5 Å². The number of rotatable bonds is 6. The van der Waals surface area contributed by atoms with Crippen LogP contribution in [0.15, 0.2) is 24.3 Å². The Hall–Kier alpha value is -1.59. The van der Waals surface area contributed by atoms with Crippen LogP contribution in [-0.2, 0) is 16.1 Å². The van der Waals surface area contributed by atoms with Crippen molar-refractivity contribution in [2.75, 3.05) is 19.8 Å². The van der Waals surface area contributed by atoms with E-state index in [1.165, 1.54) is 0 Å². The van der Waals surface area contributed by atoms with Crippen molar-refractivity contribution in [3.05, 3.63) is 29.8 Å². The molecule has 1 atom stereocenters. The van der Waals surface area contributed by atoms with Gasteiger partial charge < -0.3 is 20.1 Å². The number of nitrogens with one attached hydrogen (secondary N) is 2. The standard InChI is InChI=1S/C16H24N2O3/c1-12(2)21-15-5-3-13(4-6-15)10-18-16(19)9-14-11-20-8-7-17-14/h3-6,12,14,17H,7-11H2,1-2H3,(H,18,19). The summed E-state index contributed by atoms with van der Waals surface area (Å²) in [4.78, 5) is 11.9. The minimum atomic E-state index is 0.0421.